The number of hydrogen-bond donors (Lipinski definition) is 1. The van der Waals surface area contributed by atoms with Gasteiger partial charge in [-0.2, -0.15) is 0 Å². The first-order chi connectivity index (χ1) is 8.65. The van der Waals surface area contributed by atoms with E-state index in [0.29, 0.717) is 12.6 Å². The van der Waals surface area contributed by atoms with Crippen LogP contribution < -0.4 is 5.32 Å². The molecule has 0 fully saturated rings. The van der Waals surface area contributed by atoms with Crippen LogP contribution in [0.25, 0.3) is 0 Å². The molecule has 0 saturated carbocycles. The van der Waals surface area contributed by atoms with Crippen LogP contribution in [-0.2, 0) is 6.54 Å². The first kappa shape index (κ1) is 15.5. The highest BCUT2D eigenvalue weighted by molar-refractivity contribution is 6.31. The van der Waals surface area contributed by atoms with E-state index in [2.05, 4.69) is 19.2 Å². The summed E-state index contributed by atoms with van der Waals surface area (Å²) in [6.07, 6.45) is 6.28. The zero-order chi connectivity index (χ0) is 13.4. The maximum Gasteiger partial charge on any atom is 0.142 e. The van der Waals surface area contributed by atoms with Crippen LogP contribution >= 0.6 is 11.6 Å². The summed E-state index contributed by atoms with van der Waals surface area (Å²) in [5, 5.41) is 3.63. The first-order valence-electron chi connectivity index (χ1n) is 6.81. The lowest BCUT2D eigenvalue weighted by Gasteiger charge is -2.14. The lowest BCUT2D eigenvalue weighted by atomic mass is 10.1. The molecule has 3 heteroatoms. The van der Waals surface area contributed by atoms with Gasteiger partial charge in [-0.05, 0) is 25.0 Å². The Hall–Kier alpha value is -0.600. The summed E-state index contributed by atoms with van der Waals surface area (Å²) in [5.74, 6) is -0.341. The van der Waals surface area contributed by atoms with Crippen LogP contribution in [0.1, 0.15) is 51.5 Å². The van der Waals surface area contributed by atoms with Gasteiger partial charge < -0.3 is 5.32 Å². The molecule has 18 heavy (non-hydrogen) atoms. The fraction of sp³-hybridized carbons (Fsp3) is 0.600. The van der Waals surface area contributed by atoms with Gasteiger partial charge in [0, 0.05) is 12.6 Å². The lowest BCUT2D eigenvalue weighted by molar-refractivity contribution is 0.482. The van der Waals surface area contributed by atoms with Crippen molar-refractivity contribution in [2.45, 2.75) is 58.5 Å². The number of benzene rings is 1. The summed E-state index contributed by atoms with van der Waals surface area (Å²) in [6.45, 7) is 5.01. The molecule has 0 amide bonds. The fourth-order valence-electron chi connectivity index (χ4n) is 1.95. The number of rotatable bonds is 8. The molecule has 1 N–H and O–H groups in total. The van der Waals surface area contributed by atoms with Gasteiger partial charge in [-0.25, -0.2) is 4.39 Å². The van der Waals surface area contributed by atoms with Gasteiger partial charge in [-0.15, -0.1) is 0 Å². The molecule has 102 valence electrons. The third-order valence-corrected chi connectivity index (χ3v) is 3.59. The van der Waals surface area contributed by atoms with E-state index >= 15 is 0 Å². The molecule has 0 aliphatic rings. The highest BCUT2D eigenvalue weighted by Crippen LogP contribution is 2.19. The van der Waals surface area contributed by atoms with Gasteiger partial charge in [-0.3, -0.25) is 0 Å². The summed E-state index contributed by atoms with van der Waals surface area (Å²) < 4.78 is 13.2. The first-order valence-corrected chi connectivity index (χ1v) is 7.19. The minimum Gasteiger partial charge on any atom is -0.310 e. The zero-order valence-electron chi connectivity index (χ0n) is 11.3. The molecule has 0 aliphatic carbocycles. The van der Waals surface area contributed by atoms with Crippen molar-refractivity contribution < 1.29 is 4.39 Å². The third-order valence-electron chi connectivity index (χ3n) is 3.16. The second kappa shape index (κ2) is 8.49. The van der Waals surface area contributed by atoms with E-state index in [1.54, 1.807) is 6.07 Å². The smallest absolute Gasteiger partial charge is 0.142 e. The number of hydrogen-bond acceptors (Lipinski definition) is 1. The Morgan fingerprint density at radius 1 is 1.28 bits per heavy atom. The van der Waals surface area contributed by atoms with Gasteiger partial charge in [0.2, 0.25) is 0 Å². The molecule has 0 aromatic heterocycles. The Kier molecular flexibility index (Phi) is 7.29. The average Bonchev–Trinajstić information content (AvgIpc) is 2.36. The predicted octanol–water partition coefficient (Wildman–Crippen LogP) is 4.93. The SMILES string of the molecule is CCCCCCC(C)NCc1cccc(F)c1Cl. The molecule has 1 nitrogen and oxygen atoms in total. The minimum atomic E-state index is -0.341. The van der Waals surface area contributed by atoms with Crippen molar-refractivity contribution in [2.24, 2.45) is 0 Å². The normalized spacial score (nSPS) is 12.7. The molecule has 1 rings (SSSR count). The number of nitrogens with one attached hydrogen (secondary N) is 1. The van der Waals surface area contributed by atoms with E-state index in [1.807, 2.05) is 6.07 Å². The standard InChI is InChI=1S/C15H23ClFN/c1-3-4-5-6-8-12(2)18-11-13-9-7-10-14(17)15(13)16/h7,9-10,12,18H,3-6,8,11H2,1-2H3. The van der Waals surface area contributed by atoms with Crippen LogP contribution in [0.15, 0.2) is 18.2 Å². The quantitative estimate of drug-likeness (QED) is 0.661. The molecular weight excluding hydrogens is 249 g/mol. The van der Waals surface area contributed by atoms with Gasteiger partial charge >= 0.3 is 0 Å². The summed E-state index contributed by atoms with van der Waals surface area (Å²) >= 11 is 5.91. The van der Waals surface area contributed by atoms with Crippen LogP contribution in [0.5, 0.6) is 0 Å². The van der Waals surface area contributed by atoms with Crippen LogP contribution in [0.4, 0.5) is 4.39 Å². The van der Waals surface area contributed by atoms with Gasteiger partial charge in [0.1, 0.15) is 5.82 Å². The molecule has 1 unspecified atom stereocenters. The monoisotopic (exact) mass is 271 g/mol. The predicted molar refractivity (Wildman–Crippen MR) is 76.5 cm³/mol. The molecule has 0 aliphatic heterocycles. The van der Waals surface area contributed by atoms with E-state index < -0.39 is 0 Å². The lowest BCUT2D eigenvalue weighted by Crippen LogP contribution is -2.25. The second-order valence-electron chi connectivity index (χ2n) is 4.84. The van der Waals surface area contributed by atoms with Gasteiger partial charge in [0.05, 0.1) is 5.02 Å². The molecule has 0 bridgehead atoms. The molecule has 1 aromatic rings. The van der Waals surface area contributed by atoms with Crippen LogP contribution in [0.2, 0.25) is 5.02 Å². The van der Waals surface area contributed by atoms with Gasteiger partial charge in [-0.1, -0.05) is 56.3 Å². The molecular formula is C15H23ClFN. The van der Waals surface area contributed by atoms with Crippen molar-refractivity contribution in [3.05, 3.63) is 34.6 Å². The van der Waals surface area contributed by atoms with E-state index in [4.69, 9.17) is 11.6 Å². The molecule has 0 radical (unpaired) electrons. The topological polar surface area (TPSA) is 12.0 Å². The van der Waals surface area contributed by atoms with Crippen LogP contribution in [0, 0.1) is 5.82 Å². The van der Waals surface area contributed by atoms with Crippen LogP contribution in [0.3, 0.4) is 0 Å². The van der Waals surface area contributed by atoms with E-state index in [-0.39, 0.29) is 10.8 Å². The Morgan fingerprint density at radius 3 is 2.78 bits per heavy atom. The van der Waals surface area contributed by atoms with E-state index in [1.165, 1.54) is 31.7 Å². The highest BCUT2D eigenvalue weighted by Gasteiger charge is 2.07. The largest absolute Gasteiger partial charge is 0.310 e. The van der Waals surface area contributed by atoms with Crippen molar-refractivity contribution in [1.82, 2.24) is 5.32 Å². The van der Waals surface area contributed by atoms with Crippen molar-refractivity contribution in [2.75, 3.05) is 0 Å². The minimum absolute atomic E-state index is 0.239. The van der Waals surface area contributed by atoms with E-state index in [0.717, 1.165) is 12.0 Å². The molecule has 0 saturated heterocycles. The summed E-state index contributed by atoms with van der Waals surface area (Å²) in [4.78, 5) is 0. The zero-order valence-corrected chi connectivity index (χ0v) is 12.1. The van der Waals surface area contributed by atoms with Gasteiger partial charge in [0.25, 0.3) is 0 Å². The number of unbranched alkanes of at least 4 members (excludes halogenated alkanes) is 3. The van der Waals surface area contributed by atoms with Crippen molar-refractivity contribution in [3.8, 4) is 0 Å². The van der Waals surface area contributed by atoms with Crippen molar-refractivity contribution >= 4 is 11.6 Å². The Labute approximate surface area is 115 Å². The van der Waals surface area contributed by atoms with Gasteiger partial charge in [0.15, 0.2) is 0 Å². The second-order valence-corrected chi connectivity index (χ2v) is 5.22. The van der Waals surface area contributed by atoms with E-state index in [9.17, 15) is 4.39 Å². The average molecular weight is 272 g/mol. The number of halogens is 2. The molecule has 0 spiro atoms. The Bertz CT molecular complexity index is 354. The Balaban J connectivity index is 2.29. The molecule has 0 heterocycles. The third kappa shape index (κ3) is 5.36. The summed E-state index contributed by atoms with van der Waals surface area (Å²) in [6, 6.07) is 5.40. The maximum absolute atomic E-state index is 13.2. The maximum atomic E-state index is 13.2. The summed E-state index contributed by atoms with van der Waals surface area (Å²) in [5.41, 5.74) is 0.831. The van der Waals surface area contributed by atoms with Crippen molar-refractivity contribution in [3.63, 3.8) is 0 Å². The molecule has 1 atom stereocenters. The van der Waals surface area contributed by atoms with Crippen LogP contribution in [-0.4, -0.2) is 6.04 Å². The fourth-order valence-corrected chi connectivity index (χ4v) is 2.14. The highest BCUT2D eigenvalue weighted by atomic mass is 35.5. The Morgan fingerprint density at radius 2 is 2.06 bits per heavy atom. The molecule has 1 aromatic carbocycles. The van der Waals surface area contributed by atoms with Crippen molar-refractivity contribution in [1.29, 1.82) is 0 Å². The summed E-state index contributed by atoms with van der Waals surface area (Å²) in [7, 11) is 0.